The lowest BCUT2D eigenvalue weighted by molar-refractivity contribution is 0.413. The van der Waals surface area contributed by atoms with Crippen LogP contribution < -0.4 is 4.74 Å². The molecule has 0 N–H and O–H groups in total. The summed E-state index contributed by atoms with van der Waals surface area (Å²) in [4.78, 5) is 0. The minimum Gasteiger partial charge on any atom is -0.497 e. The molecule has 2 aromatic heterocycles. The van der Waals surface area contributed by atoms with E-state index in [1.165, 1.54) is 11.8 Å². The molecule has 0 spiro atoms. The van der Waals surface area contributed by atoms with Crippen molar-refractivity contribution in [3.63, 3.8) is 0 Å². The van der Waals surface area contributed by atoms with Gasteiger partial charge in [0, 0.05) is 0 Å². The van der Waals surface area contributed by atoms with E-state index in [-0.39, 0.29) is 0 Å². The summed E-state index contributed by atoms with van der Waals surface area (Å²) in [6.07, 6.45) is 0.569. The van der Waals surface area contributed by atoms with Crippen molar-refractivity contribution >= 4 is 11.8 Å². The fourth-order valence-electron chi connectivity index (χ4n) is 2.48. The van der Waals surface area contributed by atoms with Gasteiger partial charge in [0.05, 0.1) is 25.0 Å². The third kappa shape index (κ3) is 4.14. The van der Waals surface area contributed by atoms with Crippen LogP contribution in [0.3, 0.4) is 0 Å². The number of hydrogen-bond donors (Lipinski definition) is 0. The number of methoxy groups -OCH3 is 1. The first-order chi connectivity index (χ1) is 13.3. The lowest BCUT2D eigenvalue weighted by Crippen LogP contribution is -2.01. The maximum Gasteiger partial charge on any atom is 0.277 e. The van der Waals surface area contributed by atoms with Crippen LogP contribution >= 0.6 is 11.8 Å². The molecule has 0 radical (unpaired) electrons. The predicted octanol–water partition coefficient (Wildman–Crippen LogP) is 2.94. The second kappa shape index (κ2) is 8.00. The average molecular weight is 380 g/mol. The molecular formula is C18H16N6O2S. The number of rotatable bonds is 7. The van der Waals surface area contributed by atoms with Crippen molar-refractivity contribution in [3.05, 3.63) is 71.9 Å². The Labute approximate surface area is 159 Å². The molecule has 4 rings (SSSR count). The third-order valence-electron chi connectivity index (χ3n) is 3.82. The molecule has 0 fully saturated rings. The number of aromatic nitrogens is 6. The van der Waals surface area contributed by atoms with Crippen LogP contribution in [0.2, 0.25) is 0 Å². The zero-order valence-electron chi connectivity index (χ0n) is 14.5. The summed E-state index contributed by atoms with van der Waals surface area (Å²) in [6.45, 7) is 0. The van der Waals surface area contributed by atoms with Gasteiger partial charge in [-0.3, -0.25) is 0 Å². The van der Waals surface area contributed by atoms with E-state index in [2.05, 4.69) is 25.7 Å². The van der Waals surface area contributed by atoms with Crippen LogP contribution in [-0.2, 0) is 12.2 Å². The van der Waals surface area contributed by atoms with Crippen LogP contribution in [0.1, 0.15) is 17.3 Å². The van der Waals surface area contributed by atoms with E-state index < -0.39 is 0 Å². The molecule has 0 unspecified atom stereocenters. The fraction of sp³-hybridized carbons (Fsp3) is 0.167. The number of thioether (sulfide) groups is 1. The molecule has 0 atom stereocenters. The highest BCUT2D eigenvalue weighted by Crippen LogP contribution is 2.22. The van der Waals surface area contributed by atoms with Crippen molar-refractivity contribution in [1.29, 1.82) is 0 Å². The highest BCUT2D eigenvalue weighted by molar-refractivity contribution is 7.98. The summed E-state index contributed by atoms with van der Waals surface area (Å²) >= 11 is 1.40. The van der Waals surface area contributed by atoms with E-state index in [9.17, 15) is 0 Å². The van der Waals surface area contributed by atoms with Gasteiger partial charge in [0.15, 0.2) is 5.82 Å². The van der Waals surface area contributed by atoms with E-state index in [4.69, 9.17) is 9.15 Å². The molecule has 0 aliphatic heterocycles. The van der Waals surface area contributed by atoms with Crippen LogP contribution in [0.25, 0.3) is 5.69 Å². The van der Waals surface area contributed by atoms with E-state index >= 15 is 0 Å². The van der Waals surface area contributed by atoms with Crippen LogP contribution in [0.5, 0.6) is 5.75 Å². The van der Waals surface area contributed by atoms with Gasteiger partial charge in [-0.2, -0.15) is 4.68 Å². The molecule has 136 valence electrons. The average Bonchev–Trinajstić information content (AvgIpc) is 3.37. The van der Waals surface area contributed by atoms with Crippen LogP contribution in [0, 0.1) is 0 Å². The quantitative estimate of drug-likeness (QED) is 0.452. The predicted molar refractivity (Wildman–Crippen MR) is 98.8 cm³/mol. The van der Waals surface area contributed by atoms with Crippen molar-refractivity contribution in [2.75, 3.05) is 7.11 Å². The van der Waals surface area contributed by atoms with Gasteiger partial charge < -0.3 is 9.15 Å². The van der Waals surface area contributed by atoms with Crippen molar-refractivity contribution < 1.29 is 9.15 Å². The zero-order chi connectivity index (χ0) is 18.5. The maximum atomic E-state index is 5.72. The van der Waals surface area contributed by atoms with Crippen molar-refractivity contribution in [2.24, 2.45) is 0 Å². The molecule has 0 aliphatic rings. The zero-order valence-corrected chi connectivity index (χ0v) is 15.3. The second-order valence-electron chi connectivity index (χ2n) is 5.62. The third-order valence-corrected chi connectivity index (χ3v) is 4.64. The molecule has 27 heavy (non-hydrogen) atoms. The van der Waals surface area contributed by atoms with Gasteiger partial charge in [0.1, 0.15) is 5.75 Å². The highest BCUT2D eigenvalue weighted by atomic mass is 32.2. The maximum absolute atomic E-state index is 5.72. The number of para-hydroxylation sites is 1. The van der Waals surface area contributed by atoms with E-state index in [1.54, 1.807) is 11.8 Å². The van der Waals surface area contributed by atoms with Gasteiger partial charge >= 0.3 is 0 Å². The van der Waals surface area contributed by atoms with Gasteiger partial charge in [-0.05, 0) is 40.3 Å². The largest absolute Gasteiger partial charge is 0.497 e. The molecule has 9 heteroatoms. The molecule has 2 heterocycles. The lowest BCUT2D eigenvalue weighted by atomic mass is 10.1. The second-order valence-corrected chi connectivity index (χ2v) is 6.54. The minimum absolute atomic E-state index is 0.487. The van der Waals surface area contributed by atoms with E-state index in [0.29, 0.717) is 29.1 Å². The molecule has 2 aromatic carbocycles. The fourth-order valence-corrected chi connectivity index (χ4v) is 3.16. The standard InChI is InChI=1S/C18H16N6O2S/c1-25-15-9-7-13(8-10-15)11-17-20-21-18(26-17)27-12-16-19-22-23-24(16)14-5-3-2-4-6-14/h2-10H,11-12H2,1H3. The Morgan fingerprint density at radius 3 is 2.59 bits per heavy atom. The smallest absolute Gasteiger partial charge is 0.277 e. The molecular weight excluding hydrogens is 364 g/mol. The monoisotopic (exact) mass is 380 g/mol. The number of hydrogen-bond acceptors (Lipinski definition) is 8. The number of benzene rings is 2. The van der Waals surface area contributed by atoms with E-state index in [0.717, 1.165) is 17.0 Å². The Kier molecular flexibility index (Phi) is 5.10. The molecule has 0 saturated heterocycles. The normalized spacial score (nSPS) is 10.9. The molecule has 0 saturated carbocycles. The van der Waals surface area contributed by atoms with Crippen molar-refractivity contribution in [1.82, 2.24) is 30.4 Å². The first kappa shape index (κ1) is 17.2. The summed E-state index contributed by atoms with van der Waals surface area (Å²) < 4.78 is 12.6. The Hall–Kier alpha value is -3.20. The Balaban J connectivity index is 1.40. The lowest BCUT2D eigenvalue weighted by Gasteiger charge is -2.02. The number of ether oxygens (including phenoxy) is 1. The van der Waals surface area contributed by atoms with Gasteiger partial charge in [-0.15, -0.1) is 15.3 Å². The summed E-state index contributed by atoms with van der Waals surface area (Å²) in [7, 11) is 1.64. The molecule has 0 aliphatic carbocycles. The highest BCUT2D eigenvalue weighted by Gasteiger charge is 2.12. The first-order valence-electron chi connectivity index (χ1n) is 8.22. The molecule has 4 aromatic rings. The molecule has 0 amide bonds. The Bertz CT molecular complexity index is 1000. The summed E-state index contributed by atoms with van der Waals surface area (Å²) in [5.74, 6) is 2.61. The summed E-state index contributed by atoms with van der Waals surface area (Å²) in [5.41, 5.74) is 1.98. The number of tetrazole rings is 1. The van der Waals surface area contributed by atoms with Crippen LogP contribution in [-0.4, -0.2) is 37.5 Å². The van der Waals surface area contributed by atoms with Gasteiger partial charge in [-0.1, -0.05) is 42.1 Å². The Morgan fingerprint density at radius 1 is 1.00 bits per heavy atom. The molecule has 8 nitrogen and oxygen atoms in total. The van der Waals surface area contributed by atoms with Crippen molar-refractivity contribution in [2.45, 2.75) is 17.4 Å². The SMILES string of the molecule is COc1ccc(Cc2nnc(SCc3nnnn3-c3ccccc3)o2)cc1. The van der Waals surface area contributed by atoms with Gasteiger partial charge in [0.2, 0.25) is 5.89 Å². The van der Waals surface area contributed by atoms with Gasteiger partial charge in [0.25, 0.3) is 5.22 Å². The Morgan fingerprint density at radius 2 is 1.81 bits per heavy atom. The topological polar surface area (TPSA) is 91.8 Å². The summed E-state index contributed by atoms with van der Waals surface area (Å²) in [5, 5.41) is 20.6. The van der Waals surface area contributed by atoms with E-state index in [1.807, 2.05) is 54.6 Å². The minimum atomic E-state index is 0.487. The first-order valence-corrected chi connectivity index (χ1v) is 9.21. The van der Waals surface area contributed by atoms with Crippen LogP contribution in [0.15, 0.2) is 64.2 Å². The van der Waals surface area contributed by atoms with Crippen LogP contribution in [0.4, 0.5) is 0 Å². The molecule has 0 bridgehead atoms. The summed E-state index contributed by atoms with van der Waals surface area (Å²) in [6, 6.07) is 17.5. The number of nitrogens with zero attached hydrogens (tertiary/aromatic N) is 6. The van der Waals surface area contributed by atoms with Gasteiger partial charge in [-0.25, -0.2) is 0 Å². The van der Waals surface area contributed by atoms with Crippen molar-refractivity contribution in [3.8, 4) is 11.4 Å².